The molecule has 8 heteroatoms. The normalized spacial score (nSPS) is 18.0. The van der Waals surface area contributed by atoms with E-state index in [-0.39, 0.29) is 11.9 Å². The van der Waals surface area contributed by atoms with Crippen LogP contribution in [0, 0.1) is 12.8 Å². The van der Waals surface area contributed by atoms with Gasteiger partial charge in [-0.25, -0.2) is 0 Å². The number of nitrogens with one attached hydrogen (secondary N) is 1. The number of amides is 1. The number of thioether (sulfide) groups is 1. The second-order valence-electron chi connectivity index (χ2n) is 8.74. The minimum Gasteiger partial charge on any atom is -0.485 e. The molecule has 4 rings (SSSR count). The quantitative estimate of drug-likeness (QED) is 0.510. The highest BCUT2D eigenvalue weighted by Gasteiger charge is 2.29. The molecule has 0 spiro atoms. The minimum absolute atomic E-state index is 0.0668. The number of aryl methyl sites for hydroxylation is 1. The SMILES string of the molecule is Cc1cc(Cl)ccc1OCc1nnc(SCC(=O)NC(C)C2CC2)n1C1CCCCC1. The van der Waals surface area contributed by atoms with Crippen LogP contribution in [0.15, 0.2) is 23.4 Å². The van der Waals surface area contributed by atoms with E-state index in [1.165, 1.54) is 43.9 Å². The molecule has 168 valence electrons. The molecule has 2 aliphatic rings. The van der Waals surface area contributed by atoms with E-state index in [0.717, 1.165) is 35.1 Å². The van der Waals surface area contributed by atoms with Crippen molar-refractivity contribution in [2.75, 3.05) is 5.75 Å². The Hall–Kier alpha value is -1.73. The Labute approximate surface area is 193 Å². The van der Waals surface area contributed by atoms with Crippen molar-refractivity contribution in [3.63, 3.8) is 0 Å². The van der Waals surface area contributed by atoms with Crippen LogP contribution in [0.4, 0.5) is 0 Å². The average molecular weight is 463 g/mol. The molecule has 0 aliphatic heterocycles. The first-order valence-corrected chi connectivity index (χ1v) is 12.6. The molecule has 1 N–H and O–H groups in total. The molecule has 2 saturated carbocycles. The zero-order valence-corrected chi connectivity index (χ0v) is 19.8. The lowest BCUT2D eigenvalue weighted by Gasteiger charge is -2.25. The van der Waals surface area contributed by atoms with Gasteiger partial charge < -0.3 is 10.1 Å². The van der Waals surface area contributed by atoms with Crippen LogP contribution in [0.3, 0.4) is 0 Å². The Kier molecular flexibility index (Phi) is 7.43. The second kappa shape index (κ2) is 10.3. The lowest BCUT2D eigenvalue weighted by molar-refractivity contribution is -0.119. The third-order valence-electron chi connectivity index (χ3n) is 6.22. The first-order valence-electron chi connectivity index (χ1n) is 11.3. The van der Waals surface area contributed by atoms with E-state index in [4.69, 9.17) is 16.3 Å². The Morgan fingerprint density at radius 3 is 2.74 bits per heavy atom. The Morgan fingerprint density at radius 1 is 1.26 bits per heavy atom. The first-order chi connectivity index (χ1) is 15.0. The summed E-state index contributed by atoms with van der Waals surface area (Å²) in [5.74, 6) is 2.69. The predicted molar refractivity (Wildman–Crippen MR) is 124 cm³/mol. The van der Waals surface area contributed by atoms with Crippen LogP contribution in [0.5, 0.6) is 5.75 Å². The summed E-state index contributed by atoms with van der Waals surface area (Å²) in [6, 6.07) is 6.24. The average Bonchev–Trinajstić information content (AvgIpc) is 3.53. The number of hydrogen-bond donors (Lipinski definition) is 1. The van der Waals surface area contributed by atoms with Crippen molar-refractivity contribution in [2.24, 2.45) is 5.92 Å². The molecule has 1 atom stereocenters. The zero-order chi connectivity index (χ0) is 21.8. The summed E-state index contributed by atoms with van der Waals surface area (Å²) in [4.78, 5) is 12.4. The molecule has 1 unspecified atom stereocenters. The van der Waals surface area contributed by atoms with E-state index in [2.05, 4.69) is 27.0 Å². The third kappa shape index (κ3) is 5.95. The molecular formula is C23H31ClN4O2S. The Balaban J connectivity index is 1.44. The van der Waals surface area contributed by atoms with Gasteiger partial charge in [-0.3, -0.25) is 9.36 Å². The Bertz CT molecular complexity index is 909. The second-order valence-corrected chi connectivity index (χ2v) is 10.1. The van der Waals surface area contributed by atoms with Crippen molar-refractivity contribution in [1.82, 2.24) is 20.1 Å². The summed E-state index contributed by atoms with van der Waals surface area (Å²) < 4.78 is 8.28. The van der Waals surface area contributed by atoms with Crippen LogP contribution in [-0.2, 0) is 11.4 Å². The lowest BCUT2D eigenvalue weighted by Crippen LogP contribution is -2.35. The topological polar surface area (TPSA) is 69.0 Å². The summed E-state index contributed by atoms with van der Waals surface area (Å²) in [6.07, 6.45) is 8.37. The molecular weight excluding hydrogens is 432 g/mol. The van der Waals surface area contributed by atoms with Gasteiger partial charge in [-0.15, -0.1) is 10.2 Å². The van der Waals surface area contributed by atoms with Gasteiger partial charge in [-0.1, -0.05) is 42.6 Å². The maximum absolute atomic E-state index is 12.4. The molecule has 0 saturated heterocycles. The molecule has 0 radical (unpaired) electrons. The van der Waals surface area contributed by atoms with Crippen LogP contribution < -0.4 is 10.1 Å². The van der Waals surface area contributed by atoms with Crippen LogP contribution in [-0.4, -0.2) is 32.5 Å². The summed E-state index contributed by atoms with van der Waals surface area (Å²) >= 11 is 7.53. The monoisotopic (exact) mass is 462 g/mol. The minimum atomic E-state index is 0.0668. The number of aromatic nitrogens is 3. The zero-order valence-electron chi connectivity index (χ0n) is 18.3. The largest absolute Gasteiger partial charge is 0.485 e. The van der Waals surface area contributed by atoms with Gasteiger partial charge in [-0.05, 0) is 69.2 Å². The molecule has 31 heavy (non-hydrogen) atoms. The molecule has 1 amide bonds. The summed E-state index contributed by atoms with van der Waals surface area (Å²) in [5, 5.41) is 13.5. The van der Waals surface area contributed by atoms with Crippen LogP contribution in [0.1, 0.15) is 69.3 Å². The highest BCUT2D eigenvalue weighted by atomic mass is 35.5. The van der Waals surface area contributed by atoms with Crippen molar-refractivity contribution in [3.8, 4) is 5.75 Å². The highest BCUT2D eigenvalue weighted by molar-refractivity contribution is 7.99. The van der Waals surface area contributed by atoms with E-state index in [9.17, 15) is 4.79 Å². The van der Waals surface area contributed by atoms with Gasteiger partial charge in [0.1, 0.15) is 12.4 Å². The number of benzene rings is 1. The number of carbonyl (C=O) groups is 1. The van der Waals surface area contributed by atoms with E-state index in [0.29, 0.717) is 29.3 Å². The number of nitrogens with zero attached hydrogens (tertiary/aromatic N) is 3. The Morgan fingerprint density at radius 2 is 2.03 bits per heavy atom. The standard InChI is InChI=1S/C23H31ClN4O2S/c1-15-12-18(24)10-11-20(15)30-13-21-26-27-23(28(21)19-6-4-3-5-7-19)31-14-22(29)25-16(2)17-8-9-17/h10-12,16-17,19H,3-9,13-14H2,1-2H3,(H,25,29). The molecule has 1 heterocycles. The first kappa shape index (κ1) is 22.5. The summed E-state index contributed by atoms with van der Waals surface area (Å²) in [5.41, 5.74) is 0.993. The van der Waals surface area contributed by atoms with Gasteiger partial charge in [0, 0.05) is 17.1 Å². The van der Waals surface area contributed by atoms with Crippen molar-refractivity contribution in [1.29, 1.82) is 0 Å². The molecule has 0 bridgehead atoms. The molecule has 1 aromatic heterocycles. The van der Waals surface area contributed by atoms with Gasteiger partial charge in [0.25, 0.3) is 0 Å². The van der Waals surface area contributed by atoms with Crippen molar-refractivity contribution < 1.29 is 9.53 Å². The number of ether oxygens (including phenoxy) is 1. The molecule has 6 nitrogen and oxygen atoms in total. The molecule has 2 aliphatic carbocycles. The van der Waals surface area contributed by atoms with E-state index in [1.54, 1.807) is 0 Å². The fourth-order valence-electron chi connectivity index (χ4n) is 4.27. The van der Waals surface area contributed by atoms with Crippen LogP contribution in [0.25, 0.3) is 0 Å². The predicted octanol–water partition coefficient (Wildman–Crippen LogP) is 5.33. The smallest absolute Gasteiger partial charge is 0.230 e. The van der Waals surface area contributed by atoms with Gasteiger partial charge in [0.05, 0.1) is 5.75 Å². The van der Waals surface area contributed by atoms with Crippen molar-refractivity contribution in [2.45, 2.75) is 82.6 Å². The van der Waals surface area contributed by atoms with Crippen LogP contribution in [0.2, 0.25) is 5.02 Å². The summed E-state index contributed by atoms with van der Waals surface area (Å²) in [7, 11) is 0. The number of carbonyl (C=O) groups excluding carboxylic acids is 1. The molecule has 1 aromatic carbocycles. The van der Waals surface area contributed by atoms with E-state index < -0.39 is 0 Å². The van der Waals surface area contributed by atoms with E-state index >= 15 is 0 Å². The van der Waals surface area contributed by atoms with Crippen LogP contribution >= 0.6 is 23.4 Å². The van der Waals surface area contributed by atoms with Gasteiger partial charge in [-0.2, -0.15) is 0 Å². The fourth-order valence-corrected chi connectivity index (χ4v) is 5.33. The van der Waals surface area contributed by atoms with Crippen molar-refractivity contribution in [3.05, 3.63) is 34.6 Å². The number of halogens is 1. The maximum atomic E-state index is 12.4. The van der Waals surface area contributed by atoms with Gasteiger partial charge in [0.15, 0.2) is 11.0 Å². The molecule has 2 fully saturated rings. The highest BCUT2D eigenvalue weighted by Crippen LogP contribution is 2.34. The van der Waals surface area contributed by atoms with E-state index in [1.807, 2.05) is 25.1 Å². The fraction of sp³-hybridized carbons (Fsp3) is 0.609. The summed E-state index contributed by atoms with van der Waals surface area (Å²) in [6.45, 7) is 4.42. The number of rotatable bonds is 9. The maximum Gasteiger partial charge on any atom is 0.230 e. The number of hydrogen-bond acceptors (Lipinski definition) is 5. The molecule has 2 aromatic rings. The van der Waals surface area contributed by atoms with Crippen molar-refractivity contribution >= 4 is 29.3 Å². The van der Waals surface area contributed by atoms with Gasteiger partial charge >= 0.3 is 0 Å². The third-order valence-corrected chi connectivity index (χ3v) is 7.40. The van der Waals surface area contributed by atoms with Gasteiger partial charge in [0.2, 0.25) is 5.91 Å². The lowest BCUT2D eigenvalue weighted by atomic mass is 9.95.